The number of nitrogens with zero attached hydrogens (tertiary/aromatic N) is 1. The molecule has 2 rings (SSSR count). The molecule has 1 aromatic carbocycles. The molecule has 1 unspecified atom stereocenters. The maximum Gasteiger partial charge on any atom is 0.240 e. The summed E-state index contributed by atoms with van der Waals surface area (Å²) in [5, 5.41) is 9.51. The quantitative estimate of drug-likeness (QED) is 0.848. The van der Waals surface area contributed by atoms with Crippen LogP contribution in [0.15, 0.2) is 18.2 Å². The molecule has 1 aliphatic rings. The van der Waals surface area contributed by atoms with Crippen LogP contribution in [0.2, 0.25) is 5.02 Å². The summed E-state index contributed by atoms with van der Waals surface area (Å²) in [5.74, 6) is -0.449. The Morgan fingerprint density at radius 3 is 2.47 bits per heavy atom. The second-order valence-corrected chi connectivity index (χ2v) is 5.83. The fourth-order valence-corrected chi connectivity index (χ4v) is 2.36. The van der Waals surface area contributed by atoms with Crippen LogP contribution in [0, 0.1) is 11.3 Å². The minimum Gasteiger partial charge on any atom is -0.506 e. The topological polar surface area (TPSA) is 57.6 Å². The summed E-state index contributed by atoms with van der Waals surface area (Å²) in [6.07, 6.45) is 0.196. The summed E-state index contributed by atoms with van der Waals surface area (Å²) < 4.78 is 0. The first kappa shape index (κ1) is 13.9. The Morgan fingerprint density at radius 2 is 2.00 bits per heavy atom. The van der Waals surface area contributed by atoms with Gasteiger partial charge in [0.1, 0.15) is 5.75 Å². The number of aromatic hydroxyl groups is 1. The van der Waals surface area contributed by atoms with Gasteiger partial charge in [-0.2, -0.15) is 0 Å². The molecule has 0 spiro atoms. The second-order valence-electron chi connectivity index (χ2n) is 5.42. The summed E-state index contributed by atoms with van der Waals surface area (Å²) in [7, 11) is 0. The number of amides is 2. The van der Waals surface area contributed by atoms with E-state index < -0.39 is 5.41 Å². The molecule has 1 fully saturated rings. The van der Waals surface area contributed by atoms with Gasteiger partial charge >= 0.3 is 0 Å². The van der Waals surface area contributed by atoms with Crippen LogP contribution in [0.1, 0.15) is 27.2 Å². The molecule has 0 aliphatic carbocycles. The van der Waals surface area contributed by atoms with Crippen molar-refractivity contribution in [3.05, 3.63) is 23.2 Å². The monoisotopic (exact) mass is 281 g/mol. The van der Waals surface area contributed by atoms with Crippen molar-refractivity contribution in [3.63, 3.8) is 0 Å². The molecule has 5 heteroatoms. The first-order chi connectivity index (χ1) is 8.77. The smallest absolute Gasteiger partial charge is 0.240 e. The van der Waals surface area contributed by atoms with Crippen LogP contribution in [0.5, 0.6) is 5.75 Å². The number of hydrogen-bond acceptors (Lipinski definition) is 3. The molecule has 1 saturated heterocycles. The Balaban J connectivity index is 2.43. The van der Waals surface area contributed by atoms with Crippen molar-refractivity contribution in [3.8, 4) is 5.75 Å². The van der Waals surface area contributed by atoms with E-state index >= 15 is 0 Å². The van der Waals surface area contributed by atoms with Crippen LogP contribution in [0.4, 0.5) is 5.69 Å². The third-order valence-corrected chi connectivity index (χ3v) is 4.23. The molecule has 19 heavy (non-hydrogen) atoms. The lowest BCUT2D eigenvalue weighted by atomic mass is 9.78. The first-order valence-electron chi connectivity index (χ1n) is 6.13. The van der Waals surface area contributed by atoms with Gasteiger partial charge in [-0.3, -0.25) is 9.59 Å². The zero-order valence-corrected chi connectivity index (χ0v) is 11.9. The van der Waals surface area contributed by atoms with E-state index in [1.165, 1.54) is 18.2 Å². The number of rotatable bonds is 2. The predicted molar refractivity (Wildman–Crippen MR) is 73.2 cm³/mol. The summed E-state index contributed by atoms with van der Waals surface area (Å²) in [6, 6.07) is 4.32. The van der Waals surface area contributed by atoms with Gasteiger partial charge < -0.3 is 5.11 Å². The fraction of sp³-hybridized carbons (Fsp3) is 0.429. The molecule has 1 atom stereocenters. The molecular weight excluding hydrogens is 266 g/mol. The normalized spacial score (nSPS) is 23.5. The number of phenolic OH excluding ortho intramolecular Hbond substituents is 1. The van der Waals surface area contributed by atoms with E-state index in [0.717, 1.165) is 4.90 Å². The van der Waals surface area contributed by atoms with Crippen molar-refractivity contribution in [1.82, 2.24) is 0 Å². The van der Waals surface area contributed by atoms with Gasteiger partial charge in [0.2, 0.25) is 11.8 Å². The summed E-state index contributed by atoms with van der Waals surface area (Å²) >= 11 is 5.82. The van der Waals surface area contributed by atoms with Crippen LogP contribution >= 0.6 is 11.6 Å². The average molecular weight is 282 g/mol. The first-order valence-corrected chi connectivity index (χ1v) is 6.51. The van der Waals surface area contributed by atoms with Gasteiger partial charge in [0.15, 0.2) is 0 Å². The van der Waals surface area contributed by atoms with Gasteiger partial charge in [-0.1, -0.05) is 25.4 Å². The van der Waals surface area contributed by atoms with Crippen molar-refractivity contribution < 1.29 is 14.7 Å². The number of halogens is 1. The van der Waals surface area contributed by atoms with Crippen LogP contribution in [-0.2, 0) is 9.59 Å². The Bertz CT molecular complexity index is 556. The maximum atomic E-state index is 12.5. The lowest BCUT2D eigenvalue weighted by Gasteiger charge is -2.26. The van der Waals surface area contributed by atoms with Crippen molar-refractivity contribution in [2.45, 2.75) is 27.2 Å². The highest BCUT2D eigenvalue weighted by Crippen LogP contribution is 2.42. The minimum absolute atomic E-state index is 0.0709. The molecule has 1 aliphatic heterocycles. The van der Waals surface area contributed by atoms with Gasteiger partial charge in [-0.15, -0.1) is 0 Å². The van der Waals surface area contributed by atoms with Crippen LogP contribution < -0.4 is 4.90 Å². The molecule has 1 aromatic rings. The van der Waals surface area contributed by atoms with Gasteiger partial charge in [-0.25, -0.2) is 4.90 Å². The zero-order valence-electron chi connectivity index (χ0n) is 11.1. The van der Waals surface area contributed by atoms with Crippen LogP contribution in [0.25, 0.3) is 0 Å². The standard InChI is InChI=1S/C14H16ClNO3/c1-8(2)14(3)7-12(18)16(13(14)19)9-4-5-11(17)10(15)6-9/h4-6,8,17H,7H2,1-3H3. The van der Waals surface area contributed by atoms with E-state index in [4.69, 9.17) is 11.6 Å². The summed E-state index contributed by atoms with van der Waals surface area (Å²) in [6.45, 7) is 5.66. The molecule has 0 saturated carbocycles. The Morgan fingerprint density at radius 1 is 1.37 bits per heavy atom. The van der Waals surface area contributed by atoms with E-state index in [9.17, 15) is 14.7 Å². The largest absolute Gasteiger partial charge is 0.506 e. The van der Waals surface area contributed by atoms with Crippen molar-refractivity contribution in [2.75, 3.05) is 4.90 Å². The highest BCUT2D eigenvalue weighted by molar-refractivity contribution is 6.32. The highest BCUT2D eigenvalue weighted by Gasteiger charge is 2.50. The summed E-state index contributed by atoms with van der Waals surface area (Å²) in [5.41, 5.74) is -0.274. The van der Waals surface area contributed by atoms with E-state index in [0.29, 0.717) is 5.69 Å². The second kappa shape index (κ2) is 4.53. The Hall–Kier alpha value is -1.55. The Labute approximate surface area is 117 Å². The molecule has 0 bridgehead atoms. The van der Waals surface area contributed by atoms with Crippen LogP contribution in [-0.4, -0.2) is 16.9 Å². The average Bonchev–Trinajstić information content (AvgIpc) is 2.55. The molecule has 1 N–H and O–H groups in total. The number of phenols is 1. The number of anilines is 1. The number of carbonyl (C=O) groups excluding carboxylic acids is 2. The Kier molecular flexibility index (Phi) is 3.31. The molecule has 4 nitrogen and oxygen atoms in total. The molecule has 102 valence electrons. The third kappa shape index (κ3) is 2.10. The lowest BCUT2D eigenvalue weighted by molar-refractivity contribution is -0.126. The van der Waals surface area contributed by atoms with Crippen molar-refractivity contribution >= 4 is 29.1 Å². The van der Waals surface area contributed by atoms with Gasteiger partial charge in [0.05, 0.1) is 16.1 Å². The van der Waals surface area contributed by atoms with Crippen molar-refractivity contribution in [2.24, 2.45) is 11.3 Å². The highest BCUT2D eigenvalue weighted by atomic mass is 35.5. The summed E-state index contributed by atoms with van der Waals surface area (Å²) in [4.78, 5) is 25.7. The number of benzene rings is 1. The lowest BCUT2D eigenvalue weighted by Crippen LogP contribution is -2.36. The van der Waals surface area contributed by atoms with Crippen LogP contribution in [0.3, 0.4) is 0 Å². The fourth-order valence-electron chi connectivity index (χ4n) is 2.18. The molecule has 1 heterocycles. The maximum absolute atomic E-state index is 12.5. The molecule has 0 radical (unpaired) electrons. The van der Waals surface area contributed by atoms with Crippen molar-refractivity contribution in [1.29, 1.82) is 0 Å². The number of imide groups is 1. The van der Waals surface area contributed by atoms with E-state index in [1.807, 2.05) is 13.8 Å². The predicted octanol–water partition coefficient (Wildman–Crippen LogP) is 2.97. The van der Waals surface area contributed by atoms with Gasteiger partial charge in [0.25, 0.3) is 0 Å². The van der Waals surface area contributed by atoms with E-state index in [2.05, 4.69) is 0 Å². The number of carbonyl (C=O) groups is 2. The van der Waals surface area contributed by atoms with Gasteiger partial charge in [-0.05, 0) is 31.0 Å². The van der Waals surface area contributed by atoms with Gasteiger partial charge in [0, 0.05) is 6.42 Å². The minimum atomic E-state index is -0.679. The van der Waals surface area contributed by atoms with E-state index in [1.54, 1.807) is 6.92 Å². The van der Waals surface area contributed by atoms with E-state index in [-0.39, 0.29) is 34.9 Å². The zero-order chi connectivity index (χ0) is 14.4. The molecular formula is C14H16ClNO3. The molecule has 0 aromatic heterocycles. The molecule has 2 amide bonds. The SMILES string of the molecule is CC(C)C1(C)CC(=O)N(c2ccc(O)c(Cl)c2)C1=O. The third-order valence-electron chi connectivity index (χ3n) is 3.92. The number of hydrogen-bond donors (Lipinski definition) is 1.